The van der Waals surface area contributed by atoms with Gasteiger partial charge in [0.15, 0.2) is 0 Å². The number of amides is 1. The Kier molecular flexibility index (Phi) is 3.78. The molecule has 1 fully saturated rings. The third kappa shape index (κ3) is 3.03. The maximum Gasteiger partial charge on any atom is 0.255 e. The molecule has 3 N–H and O–H groups in total. The lowest BCUT2D eigenvalue weighted by molar-refractivity contribution is 0.102. The smallest absolute Gasteiger partial charge is 0.255 e. The number of hydrogen-bond acceptors (Lipinski definition) is 4. The second-order valence-corrected chi connectivity index (χ2v) is 6.28. The van der Waals surface area contributed by atoms with Crippen molar-refractivity contribution in [1.29, 1.82) is 0 Å². The molecule has 2 aromatic carbocycles. The molecule has 1 heterocycles. The maximum absolute atomic E-state index is 12.3. The second-order valence-electron chi connectivity index (χ2n) is 6.28. The molecular formula is C19H19N3O2. The lowest BCUT2D eigenvalue weighted by Crippen LogP contribution is -2.12. The van der Waals surface area contributed by atoms with Gasteiger partial charge >= 0.3 is 0 Å². The van der Waals surface area contributed by atoms with Crippen molar-refractivity contribution >= 4 is 17.3 Å². The predicted octanol–water partition coefficient (Wildman–Crippen LogP) is 2.88. The summed E-state index contributed by atoms with van der Waals surface area (Å²) in [6.45, 7) is 0.624. The van der Waals surface area contributed by atoms with Crippen molar-refractivity contribution < 1.29 is 9.63 Å². The number of oxime groups is 1. The van der Waals surface area contributed by atoms with Gasteiger partial charge in [-0.2, -0.15) is 0 Å². The van der Waals surface area contributed by atoms with E-state index in [1.807, 2.05) is 48.5 Å². The van der Waals surface area contributed by atoms with Crippen LogP contribution in [0, 0.1) is 0 Å². The average Bonchev–Trinajstić information content (AvgIpc) is 3.11. The van der Waals surface area contributed by atoms with Crippen LogP contribution in [-0.2, 0) is 4.84 Å². The van der Waals surface area contributed by atoms with Gasteiger partial charge in [0.2, 0.25) is 0 Å². The van der Waals surface area contributed by atoms with Crippen molar-refractivity contribution in [3.8, 4) is 0 Å². The van der Waals surface area contributed by atoms with Crippen molar-refractivity contribution in [1.82, 2.24) is 0 Å². The van der Waals surface area contributed by atoms with Crippen LogP contribution in [-0.4, -0.2) is 24.3 Å². The van der Waals surface area contributed by atoms with E-state index in [2.05, 4.69) is 10.5 Å². The van der Waals surface area contributed by atoms with Crippen molar-refractivity contribution in [3.05, 3.63) is 65.2 Å². The minimum Gasteiger partial charge on any atom is -0.395 e. The van der Waals surface area contributed by atoms with Gasteiger partial charge < -0.3 is 15.9 Å². The van der Waals surface area contributed by atoms with Crippen molar-refractivity contribution in [3.63, 3.8) is 0 Å². The van der Waals surface area contributed by atoms with E-state index in [1.54, 1.807) is 0 Å². The largest absolute Gasteiger partial charge is 0.395 e. The maximum atomic E-state index is 12.3. The van der Waals surface area contributed by atoms with Gasteiger partial charge in [-0.1, -0.05) is 29.4 Å². The summed E-state index contributed by atoms with van der Waals surface area (Å²) in [7, 11) is 0. The van der Waals surface area contributed by atoms with Gasteiger partial charge in [0.05, 0.1) is 5.71 Å². The number of rotatable bonds is 4. The van der Waals surface area contributed by atoms with E-state index in [9.17, 15) is 4.79 Å². The van der Waals surface area contributed by atoms with E-state index in [1.165, 1.54) is 5.56 Å². The summed E-state index contributed by atoms with van der Waals surface area (Å²) in [4.78, 5) is 17.4. The Labute approximate surface area is 140 Å². The van der Waals surface area contributed by atoms with Gasteiger partial charge in [-0.15, -0.1) is 0 Å². The summed E-state index contributed by atoms with van der Waals surface area (Å²) in [5.41, 5.74) is 10.4. The highest BCUT2D eigenvalue weighted by Crippen LogP contribution is 2.39. The van der Waals surface area contributed by atoms with Crippen LogP contribution in [0.2, 0.25) is 0 Å². The SMILES string of the molecule is NC1CC1c1ccc(NC(=O)c2ccc(C3=NOCC3)cc2)cc1. The number of nitrogens with two attached hydrogens (primary N) is 1. The van der Waals surface area contributed by atoms with Gasteiger partial charge in [-0.25, -0.2) is 0 Å². The summed E-state index contributed by atoms with van der Waals surface area (Å²) in [5, 5.41) is 6.91. The van der Waals surface area contributed by atoms with Crippen molar-refractivity contribution in [2.24, 2.45) is 10.9 Å². The van der Waals surface area contributed by atoms with Crippen LogP contribution in [0.3, 0.4) is 0 Å². The zero-order valence-electron chi connectivity index (χ0n) is 13.2. The fourth-order valence-electron chi connectivity index (χ4n) is 2.94. The van der Waals surface area contributed by atoms with Crippen LogP contribution in [0.1, 0.15) is 40.2 Å². The standard InChI is InChI=1S/C19H19N3O2/c20-17-11-16(17)12-5-7-15(8-6-12)21-19(23)14-3-1-13(2-4-14)18-9-10-24-22-18/h1-8,16-17H,9-11,20H2,(H,21,23). The van der Waals surface area contributed by atoms with Crippen LogP contribution in [0.5, 0.6) is 0 Å². The van der Waals surface area contributed by atoms with E-state index in [-0.39, 0.29) is 5.91 Å². The van der Waals surface area contributed by atoms with E-state index in [0.29, 0.717) is 24.1 Å². The fraction of sp³-hybridized carbons (Fsp3) is 0.263. The molecule has 1 aliphatic heterocycles. The molecule has 0 spiro atoms. The monoisotopic (exact) mass is 321 g/mol. The number of carbonyl (C=O) groups is 1. The predicted molar refractivity (Wildman–Crippen MR) is 93.3 cm³/mol. The number of nitrogens with one attached hydrogen (secondary N) is 1. The number of carbonyl (C=O) groups excluding carboxylic acids is 1. The summed E-state index contributed by atoms with van der Waals surface area (Å²) < 4.78 is 0. The van der Waals surface area contributed by atoms with Crippen LogP contribution in [0.15, 0.2) is 53.7 Å². The lowest BCUT2D eigenvalue weighted by Gasteiger charge is -2.07. The Hall–Kier alpha value is -2.66. The van der Waals surface area contributed by atoms with Gasteiger partial charge in [-0.05, 0) is 41.8 Å². The molecule has 0 radical (unpaired) electrons. The van der Waals surface area contributed by atoms with Crippen LogP contribution in [0.25, 0.3) is 0 Å². The molecule has 4 rings (SSSR count). The molecule has 24 heavy (non-hydrogen) atoms. The Balaban J connectivity index is 1.42. The molecular weight excluding hydrogens is 302 g/mol. The van der Waals surface area contributed by atoms with Crippen LogP contribution < -0.4 is 11.1 Å². The molecule has 2 aliphatic rings. The number of anilines is 1. The van der Waals surface area contributed by atoms with Crippen LogP contribution in [0.4, 0.5) is 5.69 Å². The number of benzene rings is 2. The summed E-state index contributed by atoms with van der Waals surface area (Å²) in [6.07, 6.45) is 1.86. The molecule has 1 aliphatic carbocycles. The second kappa shape index (κ2) is 6.09. The highest BCUT2D eigenvalue weighted by Gasteiger charge is 2.34. The van der Waals surface area contributed by atoms with Crippen molar-refractivity contribution in [2.75, 3.05) is 11.9 Å². The van der Waals surface area contributed by atoms with E-state index in [4.69, 9.17) is 10.6 Å². The molecule has 2 atom stereocenters. The molecule has 0 saturated heterocycles. The van der Waals surface area contributed by atoms with E-state index >= 15 is 0 Å². The normalized spacial score (nSPS) is 21.8. The topological polar surface area (TPSA) is 76.7 Å². The minimum atomic E-state index is -0.123. The highest BCUT2D eigenvalue weighted by atomic mass is 16.6. The quantitative estimate of drug-likeness (QED) is 0.909. The molecule has 1 amide bonds. The molecule has 2 aromatic rings. The zero-order chi connectivity index (χ0) is 16.5. The Morgan fingerprint density at radius 3 is 2.42 bits per heavy atom. The first-order chi connectivity index (χ1) is 11.7. The summed E-state index contributed by atoms with van der Waals surface area (Å²) in [6, 6.07) is 15.6. The van der Waals surface area contributed by atoms with Gasteiger partial charge in [0, 0.05) is 29.6 Å². The fourth-order valence-corrected chi connectivity index (χ4v) is 2.94. The lowest BCUT2D eigenvalue weighted by atomic mass is 10.1. The molecule has 0 bridgehead atoms. The molecule has 122 valence electrons. The first kappa shape index (κ1) is 14.9. The summed E-state index contributed by atoms with van der Waals surface area (Å²) >= 11 is 0. The first-order valence-electron chi connectivity index (χ1n) is 8.17. The molecule has 1 saturated carbocycles. The first-order valence-corrected chi connectivity index (χ1v) is 8.17. The zero-order valence-corrected chi connectivity index (χ0v) is 13.2. The average molecular weight is 321 g/mol. The molecule has 5 nitrogen and oxygen atoms in total. The van der Waals surface area contributed by atoms with Gasteiger partial charge in [0.1, 0.15) is 6.61 Å². The molecule has 0 aromatic heterocycles. The molecule has 2 unspecified atom stereocenters. The number of hydrogen-bond donors (Lipinski definition) is 2. The Morgan fingerprint density at radius 1 is 1.12 bits per heavy atom. The van der Waals surface area contributed by atoms with Gasteiger partial charge in [0.25, 0.3) is 5.91 Å². The Bertz CT molecular complexity index is 781. The van der Waals surface area contributed by atoms with Crippen LogP contribution >= 0.6 is 0 Å². The van der Waals surface area contributed by atoms with E-state index < -0.39 is 0 Å². The van der Waals surface area contributed by atoms with E-state index in [0.717, 1.165) is 29.8 Å². The summed E-state index contributed by atoms with van der Waals surface area (Å²) in [5.74, 6) is 0.354. The highest BCUT2D eigenvalue weighted by molar-refractivity contribution is 6.06. The van der Waals surface area contributed by atoms with Crippen molar-refractivity contribution in [2.45, 2.75) is 24.8 Å². The number of nitrogens with zero attached hydrogens (tertiary/aromatic N) is 1. The third-order valence-corrected chi connectivity index (χ3v) is 4.52. The third-order valence-electron chi connectivity index (χ3n) is 4.52. The molecule has 5 heteroatoms. The minimum absolute atomic E-state index is 0.123. The Morgan fingerprint density at radius 2 is 1.83 bits per heavy atom. The van der Waals surface area contributed by atoms with Gasteiger partial charge in [-0.3, -0.25) is 4.79 Å².